The Morgan fingerprint density at radius 1 is 1.62 bits per heavy atom. The third-order valence-electron chi connectivity index (χ3n) is 2.99. The van der Waals surface area contributed by atoms with Crippen molar-refractivity contribution in [2.45, 2.75) is 13.3 Å². The quantitative estimate of drug-likeness (QED) is 0.731. The molecule has 16 heavy (non-hydrogen) atoms. The van der Waals surface area contributed by atoms with Gasteiger partial charge in [-0.2, -0.15) is 0 Å². The van der Waals surface area contributed by atoms with Gasteiger partial charge in [-0.1, -0.05) is 6.08 Å². The number of carbonyl (C=O) groups excluding carboxylic acids is 1. The maximum atomic E-state index is 11.9. The average molecular weight is 226 g/mol. The summed E-state index contributed by atoms with van der Waals surface area (Å²) in [5.74, 6) is -0.839. The fraction of sp³-hybridized carbons (Fsp3) is 0.636. The van der Waals surface area contributed by atoms with Crippen LogP contribution in [0.2, 0.25) is 0 Å². The molecule has 0 spiro atoms. The monoisotopic (exact) mass is 226 g/mol. The zero-order chi connectivity index (χ0) is 12.3. The molecule has 1 N–H and O–H groups in total. The van der Waals surface area contributed by atoms with Gasteiger partial charge in [0, 0.05) is 26.7 Å². The molecule has 5 heteroatoms. The van der Waals surface area contributed by atoms with Gasteiger partial charge in [0.15, 0.2) is 0 Å². The number of likely N-dealkylation sites (N-methyl/N-ethyl adjacent to an activating group) is 1. The summed E-state index contributed by atoms with van der Waals surface area (Å²) in [5.41, 5.74) is -0.801. The fourth-order valence-corrected chi connectivity index (χ4v) is 1.81. The number of hydrogen-bond donors (Lipinski definition) is 1. The smallest absolute Gasteiger partial charge is 0.320 e. The molecule has 1 unspecified atom stereocenters. The lowest BCUT2D eigenvalue weighted by Gasteiger charge is -2.25. The summed E-state index contributed by atoms with van der Waals surface area (Å²) in [7, 11) is 1.68. The van der Waals surface area contributed by atoms with Crippen LogP contribution in [0.5, 0.6) is 0 Å². The third kappa shape index (κ3) is 2.35. The van der Waals surface area contributed by atoms with Crippen LogP contribution in [0.4, 0.5) is 4.79 Å². The van der Waals surface area contributed by atoms with Gasteiger partial charge in [-0.05, 0) is 13.3 Å². The first-order chi connectivity index (χ1) is 7.40. The molecule has 5 nitrogen and oxygen atoms in total. The van der Waals surface area contributed by atoms with E-state index in [9.17, 15) is 9.59 Å². The first-order valence-electron chi connectivity index (χ1n) is 5.25. The fourth-order valence-electron chi connectivity index (χ4n) is 1.81. The first-order valence-corrected chi connectivity index (χ1v) is 5.25. The number of urea groups is 1. The van der Waals surface area contributed by atoms with Crippen LogP contribution < -0.4 is 0 Å². The normalized spacial score (nSPS) is 24.2. The van der Waals surface area contributed by atoms with Crippen LogP contribution in [0.1, 0.15) is 13.3 Å². The second-order valence-electron chi connectivity index (χ2n) is 4.49. The van der Waals surface area contributed by atoms with Crippen LogP contribution in [0.15, 0.2) is 12.7 Å². The second kappa shape index (κ2) is 4.55. The van der Waals surface area contributed by atoms with Crippen LogP contribution in [0, 0.1) is 5.41 Å². The molecule has 0 aliphatic carbocycles. The van der Waals surface area contributed by atoms with Crippen LogP contribution in [-0.4, -0.2) is 53.6 Å². The van der Waals surface area contributed by atoms with Gasteiger partial charge in [-0.3, -0.25) is 4.79 Å². The Morgan fingerprint density at radius 3 is 2.69 bits per heavy atom. The number of aliphatic carboxylic acids is 1. The number of carboxylic acid groups (broad SMARTS) is 1. The van der Waals surface area contributed by atoms with E-state index in [1.54, 1.807) is 24.9 Å². The predicted molar refractivity (Wildman–Crippen MR) is 60.2 cm³/mol. The van der Waals surface area contributed by atoms with Gasteiger partial charge >= 0.3 is 12.0 Å². The van der Waals surface area contributed by atoms with Crippen molar-refractivity contribution < 1.29 is 14.7 Å². The van der Waals surface area contributed by atoms with Crippen LogP contribution in [0.3, 0.4) is 0 Å². The molecule has 2 amide bonds. The molecular weight excluding hydrogens is 208 g/mol. The van der Waals surface area contributed by atoms with Crippen LogP contribution >= 0.6 is 0 Å². The Morgan fingerprint density at radius 2 is 2.25 bits per heavy atom. The van der Waals surface area contributed by atoms with E-state index >= 15 is 0 Å². The number of nitrogens with zero attached hydrogens (tertiary/aromatic N) is 2. The van der Waals surface area contributed by atoms with Crippen LogP contribution in [-0.2, 0) is 4.79 Å². The number of amides is 2. The summed E-state index contributed by atoms with van der Waals surface area (Å²) >= 11 is 0. The molecule has 1 fully saturated rings. The molecule has 1 aliphatic rings. The minimum absolute atomic E-state index is 0.134. The van der Waals surface area contributed by atoms with Crippen molar-refractivity contribution in [3.63, 3.8) is 0 Å². The first kappa shape index (κ1) is 12.5. The highest BCUT2D eigenvalue weighted by atomic mass is 16.4. The summed E-state index contributed by atoms with van der Waals surface area (Å²) in [6, 6.07) is -0.134. The summed E-state index contributed by atoms with van der Waals surface area (Å²) in [5, 5.41) is 9.05. The minimum atomic E-state index is -0.839. The highest BCUT2D eigenvalue weighted by Gasteiger charge is 2.42. The Hall–Kier alpha value is -1.52. The van der Waals surface area contributed by atoms with E-state index in [2.05, 4.69) is 6.58 Å². The molecule has 0 aromatic rings. The van der Waals surface area contributed by atoms with Crippen molar-refractivity contribution in [2.75, 3.05) is 26.7 Å². The molecule has 0 bridgehead atoms. The van der Waals surface area contributed by atoms with E-state index in [0.717, 1.165) is 0 Å². The number of carbonyl (C=O) groups is 2. The van der Waals surface area contributed by atoms with Crippen LogP contribution in [0.25, 0.3) is 0 Å². The van der Waals surface area contributed by atoms with Gasteiger partial charge in [0.05, 0.1) is 5.41 Å². The average Bonchev–Trinajstić information content (AvgIpc) is 2.61. The van der Waals surface area contributed by atoms with Gasteiger partial charge in [-0.15, -0.1) is 6.58 Å². The molecule has 0 aromatic carbocycles. The highest BCUT2D eigenvalue weighted by molar-refractivity contribution is 5.79. The molecule has 1 heterocycles. The molecular formula is C11H18N2O3. The number of likely N-dealkylation sites (tertiary alicyclic amines) is 1. The molecule has 0 saturated carbocycles. The predicted octanol–water partition coefficient (Wildman–Crippen LogP) is 1.02. The number of rotatable bonds is 3. The van der Waals surface area contributed by atoms with Gasteiger partial charge < -0.3 is 14.9 Å². The SMILES string of the molecule is C=CCN(C)C(=O)N1CCC(C)(C(=O)O)C1. The summed E-state index contributed by atoms with van der Waals surface area (Å²) < 4.78 is 0. The van der Waals surface area contributed by atoms with E-state index in [-0.39, 0.29) is 12.6 Å². The second-order valence-corrected chi connectivity index (χ2v) is 4.49. The lowest BCUT2D eigenvalue weighted by molar-refractivity contribution is -0.147. The molecule has 1 aliphatic heterocycles. The highest BCUT2D eigenvalue weighted by Crippen LogP contribution is 2.30. The Balaban J connectivity index is 2.62. The lowest BCUT2D eigenvalue weighted by atomic mass is 9.90. The van der Waals surface area contributed by atoms with E-state index in [4.69, 9.17) is 5.11 Å². The largest absolute Gasteiger partial charge is 0.481 e. The maximum absolute atomic E-state index is 11.9. The van der Waals surface area contributed by atoms with Gasteiger partial charge in [0.25, 0.3) is 0 Å². The van der Waals surface area contributed by atoms with Crippen molar-refractivity contribution in [1.82, 2.24) is 9.80 Å². The molecule has 1 saturated heterocycles. The zero-order valence-electron chi connectivity index (χ0n) is 9.77. The third-order valence-corrected chi connectivity index (χ3v) is 2.99. The Labute approximate surface area is 95.3 Å². The summed E-state index contributed by atoms with van der Waals surface area (Å²) in [4.78, 5) is 26.0. The van der Waals surface area contributed by atoms with E-state index in [1.807, 2.05) is 0 Å². The van der Waals surface area contributed by atoms with Gasteiger partial charge in [-0.25, -0.2) is 4.79 Å². The summed E-state index contributed by atoms with van der Waals surface area (Å²) in [6.45, 7) is 6.49. The number of carboxylic acids is 1. The van der Waals surface area contributed by atoms with Crippen molar-refractivity contribution in [1.29, 1.82) is 0 Å². The molecule has 90 valence electrons. The number of hydrogen-bond acceptors (Lipinski definition) is 2. The molecule has 1 atom stereocenters. The Bertz CT molecular complexity index is 316. The standard InChI is InChI=1S/C11H18N2O3/c1-4-6-12(3)10(16)13-7-5-11(2,8-13)9(14)15/h4H,1,5-8H2,2-3H3,(H,14,15). The summed E-state index contributed by atoms with van der Waals surface area (Å²) in [6.07, 6.45) is 2.15. The van der Waals surface area contributed by atoms with Crippen molar-refractivity contribution in [3.8, 4) is 0 Å². The molecule has 0 radical (unpaired) electrons. The Kier molecular flexibility index (Phi) is 3.57. The maximum Gasteiger partial charge on any atom is 0.320 e. The zero-order valence-corrected chi connectivity index (χ0v) is 9.77. The molecule has 0 aromatic heterocycles. The lowest BCUT2D eigenvalue weighted by Crippen LogP contribution is -2.41. The topological polar surface area (TPSA) is 60.9 Å². The van der Waals surface area contributed by atoms with Crippen molar-refractivity contribution in [2.24, 2.45) is 5.41 Å². The van der Waals surface area contributed by atoms with E-state index < -0.39 is 11.4 Å². The van der Waals surface area contributed by atoms with E-state index in [0.29, 0.717) is 19.5 Å². The van der Waals surface area contributed by atoms with Gasteiger partial charge in [0.2, 0.25) is 0 Å². The van der Waals surface area contributed by atoms with E-state index in [1.165, 1.54) is 4.90 Å². The van der Waals surface area contributed by atoms with Crippen molar-refractivity contribution >= 4 is 12.0 Å². The van der Waals surface area contributed by atoms with Gasteiger partial charge in [0.1, 0.15) is 0 Å². The van der Waals surface area contributed by atoms with Crippen molar-refractivity contribution in [3.05, 3.63) is 12.7 Å². The minimum Gasteiger partial charge on any atom is -0.481 e. The molecule has 1 rings (SSSR count).